The SMILES string of the molecule is O=C(COc1cccc(I)c1)Nc1ccc2c(c1)OCO2. The molecule has 0 radical (unpaired) electrons. The average Bonchev–Trinajstić information content (AvgIpc) is 2.93. The molecule has 6 heteroatoms. The molecule has 1 heterocycles. The molecule has 2 aromatic carbocycles. The maximum atomic E-state index is 11.9. The number of nitrogens with one attached hydrogen (secondary N) is 1. The Hall–Kier alpha value is -1.96. The lowest BCUT2D eigenvalue weighted by Crippen LogP contribution is -2.20. The molecule has 21 heavy (non-hydrogen) atoms. The van der Waals surface area contributed by atoms with Crippen molar-refractivity contribution in [2.75, 3.05) is 18.7 Å². The maximum Gasteiger partial charge on any atom is 0.262 e. The molecular weight excluding hydrogens is 385 g/mol. The minimum atomic E-state index is -0.229. The van der Waals surface area contributed by atoms with Gasteiger partial charge in [-0.3, -0.25) is 4.79 Å². The predicted molar refractivity (Wildman–Crippen MR) is 85.8 cm³/mol. The average molecular weight is 397 g/mol. The third kappa shape index (κ3) is 3.57. The van der Waals surface area contributed by atoms with Gasteiger partial charge in [-0.05, 0) is 52.9 Å². The first kappa shape index (κ1) is 14.0. The van der Waals surface area contributed by atoms with Gasteiger partial charge in [0.2, 0.25) is 6.79 Å². The Morgan fingerprint density at radius 3 is 2.90 bits per heavy atom. The second-order valence-corrected chi connectivity index (χ2v) is 5.61. The van der Waals surface area contributed by atoms with Crippen LogP contribution in [0.1, 0.15) is 0 Å². The third-order valence-corrected chi connectivity index (χ3v) is 3.49. The van der Waals surface area contributed by atoms with Gasteiger partial charge in [0.15, 0.2) is 18.1 Å². The molecule has 0 saturated carbocycles. The number of benzene rings is 2. The third-order valence-electron chi connectivity index (χ3n) is 2.82. The van der Waals surface area contributed by atoms with Crippen LogP contribution in [-0.4, -0.2) is 19.3 Å². The first-order valence-electron chi connectivity index (χ1n) is 6.28. The minimum Gasteiger partial charge on any atom is -0.484 e. The highest BCUT2D eigenvalue weighted by Gasteiger charge is 2.14. The quantitative estimate of drug-likeness (QED) is 0.807. The van der Waals surface area contributed by atoms with Gasteiger partial charge in [0.05, 0.1) is 0 Å². The van der Waals surface area contributed by atoms with Crippen molar-refractivity contribution in [3.63, 3.8) is 0 Å². The molecule has 0 aromatic heterocycles. The molecule has 5 nitrogen and oxygen atoms in total. The zero-order valence-corrected chi connectivity index (χ0v) is 13.1. The Bertz CT molecular complexity index is 674. The number of amides is 1. The highest BCUT2D eigenvalue weighted by Crippen LogP contribution is 2.34. The number of hydrogen-bond donors (Lipinski definition) is 1. The molecule has 0 saturated heterocycles. The van der Waals surface area contributed by atoms with Crippen LogP contribution in [0.2, 0.25) is 0 Å². The van der Waals surface area contributed by atoms with Crippen molar-refractivity contribution < 1.29 is 19.0 Å². The Labute approximate surface area is 135 Å². The highest BCUT2D eigenvalue weighted by atomic mass is 127. The number of halogens is 1. The van der Waals surface area contributed by atoms with Gasteiger partial charge in [-0.25, -0.2) is 0 Å². The Morgan fingerprint density at radius 2 is 2.05 bits per heavy atom. The Morgan fingerprint density at radius 1 is 1.19 bits per heavy atom. The molecule has 0 unspecified atom stereocenters. The van der Waals surface area contributed by atoms with Gasteiger partial charge in [0.1, 0.15) is 5.75 Å². The molecule has 108 valence electrons. The van der Waals surface area contributed by atoms with Gasteiger partial charge in [-0.1, -0.05) is 6.07 Å². The van der Waals surface area contributed by atoms with Crippen LogP contribution < -0.4 is 19.5 Å². The van der Waals surface area contributed by atoms with Gasteiger partial charge in [-0.2, -0.15) is 0 Å². The van der Waals surface area contributed by atoms with Crippen LogP contribution in [0.4, 0.5) is 5.69 Å². The van der Waals surface area contributed by atoms with Crippen LogP contribution in [0.3, 0.4) is 0 Å². The van der Waals surface area contributed by atoms with E-state index in [4.69, 9.17) is 14.2 Å². The van der Waals surface area contributed by atoms with Crippen molar-refractivity contribution >= 4 is 34.2 Å². The Kier molecular flexibility index (Phi) is 4.14. The zero-order valence-electron chi connectivity index (χ0n) is 11.0. The number of anilines is 1. The summed E-state index contributed by atoms with van der Waals surface area (Å²) < 4.78 is 17.0. The van der Waals surface area contributed by atoms with Crippen molar-refractivity contribution in [1.82, 2.24) is 0 Å². The number of carbonyl (C=O) groups excluding carboxylic acids is 1. The molecule has 1 amide bonds. The molecular formula is C15H12INO4. The number of hydrogen-bond acceptors (Lipinski definition) is 4. The van der Waals surface area contributed by atoms with E-state index in [0.717, 1.165) is 3.57 Å². The summed E-state index contributed by atoms with van der Waals surface area (Å²) in [6, 6.07) is 12.8. The zero-order chi connectivity index (χ0) is 14.7. The summed E-state index contributed by atoms with van der Waals surface area (Å²) in [5.74, 6) is 1.75. The maximum absolute atomic E-state index is 11.9. The van der Waals surface area contributed by atoms with E-state index in [-0.39, 0.29) is 19.3 Å². The number of ether oxygens (including phenoxy) is 3. The predicted octanol–water partition coefficient (Wildman–Crippen LogP) is 3.04. The fourth-order valence-electron chi connectivity index (χ4n) is 1.88. The number of rotatable bonds is 4. The van der Waals surface area contributed by atoms with E-state index in [2.05, 4.69) is 27.9 Å². The normalized spacial score (nSPS) is 12.0. The van der Waals surface area contributed by atoms with Gasteiger partial charge < -0.3 is 19.5 Å². The highest BCUT2D eigenvalue weighted by molar-refractivity contribution is 14.1. The topological polar surface area (TPSA) is 56.8 Å². The molecule has 0 aliphatic carbocycles. The lowest BCUT2D eigenvalue weighted by atomic mass is 10.3. The van der Waals surface area contributed by atoms with Crippen molar-refractivity contribution in [1.29, 1.82) is 0 Å². The lowest BCUT2D eigenvalue weighted by molar-refractivity contribution is -0.118. The minimum absolute atomic E-state index is 0.0471. The van der Waals surface area contributed by atoms with Crippen LogP contribution >= 0.6 is 22.6 Å². The van der Waals surface area contributed by atoms with E-state index < -0.39 is 0 Å². The molecule has 0 spiro atoms. The molecule has 2 aromatic rings. The molecule has 1 aliphatic rings. The van der Waals surface area contributed by atoms with Crippen molar-refractivity contribution in [2.24, 2.45) is 0 Å². The van der Waals surface area contributed by atoms with Crippen molar-refractivity contribution in [3.8, 4) is 17.2 Å². The summed E-state index contributed by atoms with van der Waals surface area (Å²) in [6.07, 6.45) is 0. The van der Waals surface area contributed by atoms with E-state index in [1.54, 1.807) is 18.2 Å². The summed E-state index contributed by atoms with van der Waals surface area (Å²) in [7, 11) is 0. The number of fused-ring (bicyclic) bond motifs is 1. The molecule has 1 N–H and O–H groups in total. The smallest absolute Gasteiger partial charge is 0.262 e. The Balaban J connectivity index is 1.57. The molecule has 0 atom stereocenters. The van der Waals surface area contributed by atoms with Gasteiger partial charge in [0.25, 0.3) is 5.91 Å². The number of carbonyl (C=O) groups is 1. The first-order valence-corrected chi connectivity index (χ1v) is 7.36. The molecule has 1 aliphatic heterocycles. The van der Waals surface area contributed by atoms with E-state index in [1.165, 1.54) is 0 Å². The van der Waals surface area contributed by atoms with E-state index in [0.29, 0.717) is 22.9 Å². The van der Waals surface area contributed by atoms with Crippen LogP contribution in [0.15, 0.2) is 42.5 Å². The first-order chi connectivity index (χ1) is 10.2. The van der Waals surface area contributed by atoms with E-state index in [9.17, 15) is 4.79 Å². The van der Waals surface area contributed by atoms with Crippen LogP contribution in [0, 0.1) is 3.57 Å². The molecule has 0 fully saturated rings. The summed E-state index contributed by atoms with van der Waals surface area (Å²) in [4.78, 5) is 11.9. The molecule has 0 bridgehead atoms. The lowest BCUT2D eigenvalue weighted by Gasteiger charge is -2.08. The standard InChI is InChI=1S/C15H12INO4/c16-10-2-1-3-12(6-10)19-8-15(18)17-11-4-5-13-14(7-11)21-9-20-13/h1-7H,8-9H2,(H,17,18). The monoisotopic (exact) mass is 397 g/mol. The largest absolute Gasteiger partial charge is 0.484 e. The van der Waals surface area contributed by atoms with Crippen molar-refractivity contribution in [3.05, 3.63) is 46.0 Å². The van der Waals surface area contributed by atoms with Crippen LogP contribution in [-0.2, 0) is 4.79 Å². The summed E-state index contributed by atoms with van der Waals surface area (Å²) in [5.41, 5.74) is 0.649. The fraction of sp³-hybridized carbons (Fsp3) is 0.133. The van der Waals surface area contributed by atoms with Crippen LogP contribution in [0.25, 0.3) is 0 Å². The fourth-order valence-corrected chi connectivity index (χ4v) is 2.39. The van der Waals surface area contributed by atoms with Gasteiger partial charge >= 0.3 is 0 Å². The van der Waals surface area contributed by atoms with Gasteiger partial charge in [-0.15, -0.1) is 0 Å². The van der Waals surface area contributed by atoms with Gasteiger partial charge in [0, 0.05) is 15.3 Å². The van der Waals surface area contributed by atoms with Crippen molar-refractivity contribution in [2.45, 2.75) is 0 Å². The van der Waals surface area contributed by atoms with E-state index in [1.807, 2.05) is 24.3 Å². The summed E-state index contributed by atoms with van der Waals surface area (Å²) >= 11 is 2.19. The van der Waals surface area contributed by atoms with E-state index >= 15 is 0 Å². The second kappa shape index (κ2) is 6.21. The second-order valence-electron chi connectivity index (χ2n) is 4.36. The van der Waals surface area contributed by atoms with Crippen LogP contribution in [0.5, 0.6) is 17.2 Å². The molecule has 3 rings (SSSR count). The summed E-state index contributed by atoms with van der Waals surface area (Å²) in [6.45, 7) is 0.164. The summed E-state index contributed by atoms with van der Waals surface area (Å²) in [5, 5.41) is 2.76.